The predicted molar refractivity (Wildman–Crippen MR) is 73.3 cm³/mol. The van der Waals surface area contributed by atoms with E-state index in [1.807, 2.05) is 6.92 Å². The summed E-state index contributed by atoms with van der Waals surface area (Å²) in [6, 6.07) is 5.11. The van der Waals surface area contributed by atoms with E-state index in [1.165, 1.54) is 19.3 Å². The largest absolute Gasteiger partial charge is 0.508 e. The van der Waals surface area contributed by atoms with Crippen molar-refractivity contribution in [2.24, 2.45) is 0 Å². The van der Waals surface area contributed by atoms with Gasteiger partial charge in [0.15, 0.2) is 0 Å². The topological polar surface area (TPSA) is 38.7 Å². The van der Waals surface area contributed by atoms with Crippen LogP contribution in [0.25, 0.3) is 0 Å². The molecular weight excluding hydrogens is 228 g/mol. The molecule has 18 heavy (non-hydrogen) atoms. The van der Waals surface area contributed by atoms with Gasteiger partial charge in [-0.3, -0.25) is 0 Å². The molecule has 0 aliphatic rings. The van der Waals surface area contributed by atoms with Gasteiger partial charge in [0.05, 0.1) is 6.61 Å². The van der Waals surface area contributed by atoms with Crippen molar-refractivity contribution in [1.29, 1.82) is 0 Å². The molecule has 0 heterocycles. The Morgan fingerprint density at radius 1 is 1.06 bits per heavy atom. The first kappa shape index (κ1) is 14.8. The van der Waals surface area contributed by atoms with Gasteiger partial charge in [-0.25, -0.2) is 0 Å². The van der Waals surface area contributed by atoms with Crippen LogP contribution in [0.3, 0.4) is 0 Å². The Morgan fingerprint density at radius 2 is 1.89 bits per heavy atom. The van der Waals surface area contributed by atoms with Crippen LogP contribution in [0.1, 0.15) is 38.2 Å². The van der Waals surface area contributed by atoms with Gasteiger partial charge in [-0.15, -0.1) is 0 Å². The third-order valence-electron chi connectivity index (χ3n) is 2.79. The molecular formula is C15H24O3. The second kappa shape index (κ2) is 8.81. The fourth-order valence-corrected chi connectivity index (χ4v) is 1.74. The molecule has 1 N–H and O–H groups in total. The zero-order chi connectivity index (χ0) is 13.2. The lowest BCUT2D eigenvalue weighted by Crippen LogP contribution is -2.08. The Labute approximate surface area is 110 Å². The average molecular weight is 252 g/mol. The zero-order valence-electron chi connectivity index (χ0n) is 11.4. The van der Waals surface area contributed by atoms with E-state index >= 15 is 0 Å². The summed E-state index contributed by atoms with van der Waals surface area (Å²) in [7, 11) is 0. The average Bonchev–Trinajstić information content (AvgIpc) is 2.35. The number of ether oxygens (including phenoxy) is 2. The second-order valence-electron chi connectivity index (χ2n) is 4.47. The van der Waals surface area contributed by atoms with Crippen molar-refractivity contribution < 1.29 is 14.6 Å². The molecule has 0 amide bonds. The number of aromatic hydroxyl groups is 1. The van der Waals surface area contributed by atoms with Crippen LogP contribution in [-0.4, -0.2) is 24.9 Å². The summed E-state index contributed by atoms with van der Waals surface area (Å²) in [5, 5.41) is 9.27. The summed E-state index contributed by atoms with van der Waals surface area (Å²) in [4.78, 5) is 0. The molecule has 0 saturated heterocycles. The quantitative estimate of drug-likeness (QED) is 0.681. The minimum atomic E-state index is 0.270. The summed E-state index contributed by atoms with van der Waals surface area (Å²) in [6.07, 6.45) is 4.91. The molecule has 3 nitrogen and oxygen atoms in total. The Balaban J connectivity index is 2.07. The van der Waals surface area contributed by atoms with Crippen molar-refractivity contribution in [3.63, 3.8) is 0 Å². The highest BCUT2D eigenvalue weighted by atomic mass is 16.5. The number of phenols is 1. The fraction of sp³-hybridized carbons (Fsp3) is 0.600. The number of benzene rings is 1. The number of hydrogen-bond acceptors (Lipinski definition) is 3. The maximum atomic E-state index is 9.27. The molecule has 0 unspecified atom stereocenters. The molecule has 0 aliphatic carbocycles. The van der Waals surface area contributed by atoms with Crippen LogP contribution in [0.2, 0.25) is 0 Å². The Bertz CT molecular complexity index is 337. The fourth-order valence-electron chi connectivity index (χ4n) is 1.74. The molecule has 3 heteroatoms. The number of phenolic OH excluding ortho intramolecular Hbond substituents is 1. The maximum absolute atomic E-state index is 9.27. The van der Waals surface area contributed by atoms with Gasteiger partial charge >= 0.3 is 0 Å². The third-order valence-corrected chi connectivity index (χ3v) is 2.79. The van der Waals surface area contributed by atoms with Gasteiger partial charge in [-0.1, -0.05) is 26.2 Å². The highest BCUT2D eigenvalue weighted by Gasteiger charge is 2.00. The molecule has 0 spiro atoms. The number of unbranched alkanes of at least 4 members (excludes halogenated alkanes) is 3. The SMILES string of the molecule is CCCCCCOCCOc1ccc(O)cc1C. The van der Waals surface area contributed by atoms with Gasteiger partial charge in [0.2, 0.25) is 0 Å². The minimum absolute atomic E-state index is 0.270. The maximum Gasteiger partial charge on any atom is 0.122 e. The van der Waals surface area contributed by atoms with Crippen molar-refractivity contribution in [3.8, 4) is 11.5 Å². The lowest BCUT2D eigenvalue weighted by molar-refractivity contribution is 0.0969. The van der Waals surface area contributed by atoms with Gasteiger partial charge in [0.25, 0.3) is 0 Å². The molecule has 0 fully saturated rings. The molecule has 0 aromatic heterocycles. The van der Waals surface area contributed by atoms with Gasteiger partial charge in [-0.2, -0.15) is 0 Å². The van der Waals surface area contributed by atoms with Crippen LogP contribution < -0.4 is 4.74 Å². The lowest BCUT2D eigenvalue weighted by atomic mass is 10.2. The molecule has 0 aliphatic heterocycles. The van der Waals surface area contributed by atoms with E-state index in [4.69, 9.17) is 9.47 Å². The first-order valence-electron chi connectivity index (χ1n) is 6.74. The van der Waals surface area contributed by atoms with Crippen molar-refractivity contribution in [2.75, 3.05) is 19.8 Å². The van der Waals surface area contributed by atoms with E-state index in [0.717, 1.165) is 24.3 Å². The van der Waals surface area contributed by atoms with Gasteiger partial charge in [0.1, 0.15) is 18.1 Å². The highest BCUT2D eigenvalue weighted by Crippen LogP contribution is 2.22. The predicted octanol–water partition coefficient (Wildman–Crippen LogP) is 3.68. The van der Waals surface area contributed by atoms with Gasteiger partial charge in [0, 0.05) is 6.61 Å². The molecule has 102 valence electrons. The number of hydrogen-bond donors (Lipinski definition) is 1. The first-order chi connectivity index (χ1) is 8.74. The van der Waals surface area contributed by atoms with Crippen LogP contribution >= 0.6 is 0 Å². The van der Waals surface area contributed by atoms with Gasteiger partial charge in [-0.05, 0) is 37.1 Å². The molecule has 0 atom stereocenters. The zero-order valence-corrected chi connectivity index (χ0v) is 11.4. The Hall–Kier alpha value is -1.22. The van der Waals surface area contributed by atoms with Crippen LogP contribution in [0, 0.1) is 6.92 Å². The van der Waals surface area contributed by atoms with E-state index in [-0.39, 0.29) is 5.75 Å². The summed E-state index contributed by atoms with van der Waals surface area (Å²) in [5.74, 6) is 1.08. The molecule has 0 bridgehead atoms. The van der Waals surface area contributed by atoms with Crippen LogP contribution in [0.15, 0.2) is 18.2 Å². The monoisotopic (exact) mass is 252 g/mol. The van der Waals surface area contributed by atoms with Crippen molar-refractivity contribution in [3.05, 3.63) is 23.8 Å². The summed E-state index contributed by atoms with van der Waals surface area (Å²) in [5.41, 5.74) is 0.943. The molecule has 1 aromatic carbocycles. The standard InChI is InChI=1S/C15H24O3/c1-3-4-5-6-9-17-10-11-18-15-8-7-14(16)12-13(15)2/h7-8,12,16H,3-6,9-11H2,1-2H3. The van der Waals surface area contributed by atoms with Crippen LogP contribution in [-0.2, 0) is 4.74 Å². The van der Waals surface area contributed by atoms with E-state index in [2.05, 4.69) is 6.92 Å². The minimum Gasteiger partial charge on any atom is -0.508 e. The summed E-state index contributed by atoms with van der Waals surface area (Å²) < 4.78 is 11.1. The summed E-state index contributed by atoms with van der Waals surface area (Å²) >= 11 is 0. The van der Waals surface area contributed by atoms with Crippen molar-refractivity contribution in [1.82, 2.24) is 0 Å². The summed E-state index contributed by atoms with van der Waals surface area (Å²) in [6.45, 7) is 6.11. The van der Waals surface area contributed by atoms with E-state index in [9.17, 15) is 5.11 Å². The van der Waals surface area contributed by atoms with Crippen LogP contribution in [0.4, 0.5) is 0 Å². The van der Waals surface area contributed by atoms with E-state index in [0.29, 0.717) is 13.2 Å². The van der Waals surface area contributed by atoms with Crippen molar-refractivity contribution in [2.45, 2.75) is 39.5 Å². The van der Waals surface area contributed by atoms with Crippen LogP contribution in [0.5, 0.6) is 11.5 Å². The molecule has 1 rings (SSSR count). The number of rotatable bonds is 9. The first-order valence-corrected chi connectivity index (χ1v) is 6.74. The Morgan fingerprint density at radius 3 is 2.61 bits per heavy atom. The molecule has 1 aromatic rings. The normalized spacial score (nSPS) is 10.6. The lowest BCUT2D eigenvalue weighted by Gasteiger charge is -2.09. The molecule has 0 saturated carbocycles. The highest BCUT2D eigenvalue weighted by molar-refractivity contribution is 5.38. The molecule has 0 radical (unpaired) electrons. The number of aryl methyl sites for hydroxylation is 1. The van der Waals surface area contributed by atoms with E-state index in [1.54, 1.807) is 18.2 Å². The smallest absolute Gasteiger partial charge is 0.122 e. The van der Waals surface area contributed by atoms with E-state index < -0.39 is 0 Å². The Kier molecular flexibility index (Phi) is 7.26. The van der Waals surface area contributed by atoms with Gasteiger partial charge < -0.3 is 14.6 Å². The third kappa shape index (κ3) is 5.92. The van der Waals surface area contributed by atoms with Crippen molar-refractivity contribution >= 4 is 0 Å². The second-order valence-corrected chi connectivity index (χ2v) is 4.47.